The monoisotopic (exact) mass is 364 g/mol. The van der Waals surface area contributed by atoms with E-state index in [0.29, 0.717) is 17.0 Å². The fourth-order valence-corrected chi connectivity index (χ4v) is 2.96. The second-order valence-corrected chi connectivity index (χ2v) is 5.68. The summed E-state index contributed by atoms with van der Waals surface area (Å²) in [7, 11) is 0. The molecule has 2 aromatic rings. The topological polar surface area (TPSA) is 36.7 Å². The molecule has 7 heteroatoms. The van der Waals surface area contributed by atoms with Gasteiger partial charge in [0.05, 0.1) is 49.0 Å². The highest BCUT2D eigenvalue weighted by molar-refractivity contribution is 6.56. The molecule has 2 rings (SSSR count). The van der Waals surface area contributed by atoms with Crippen molar-refractivity contribution in [3.05, 3.63) is 49.0 Å². The molecule has 0 fully saturated rings. The van der Waals surface area contributed by atoms with Crippen molar-refractivity contribution in [2.45, 2.75) is 6.42 Å². The minimum absolute atomic E-state index is 0.0975. The van der Waals surface area contributed by atoms with Gasteiger partial charge in [0, 0.05) is 5.56 Å². The third-order valence-corrected chi connectivity index (χ3v) is 4.81. The average molecular weight is 366 g/mol. The second-order valence-electron chi connectivity index (χ2n) is 3.79. The zero-order valence-electron chi connectivity index (χ0n) is 9.72. The number of hydrogen-bond acceptors (Lipinski definition) is 2. The summed E-state index contributed by atoms with van der Waals surface area (Å²) in [5, 5.41) is 9.39. The van der Waals surface area contributed by atoms with E-state index in [2.05, 4.69) is 4.98 Å². The highest BCUT2D eigenvalue weighted by Gasteiger charge is 2.21. The molecule has 0 saturated carbocycles. The Bertz CT molecular complexity index is 692. The first-order valence-electron chi connectivity index (χ1n) is 5.32. The smallest absolute Gasteiger partial charge is 0.0809 e. The number of benzene rings is 1. The summed E-state index contributed by atoms with van der Waals surface area (Å²) in [6.45, 7) is 0. The largest absolute Gasteiger partial charge is 0.252 e. The van der Waals surface area contributed by atoms with E-state index in [1.165, 1.54) is 0 Å². The highest BCUT2D eigenvalue weighted by atomic mass is 35.5. The normalized spacial score (nSPS) is 10.4. The number of pyridine rings is 1. The molecule has 0 aliphatic heterocycles. The average Bonchev–Trinajstić information content (AvgIpc) is 2.44. The molecule has 0 radical (unpaired) electrons. The van der Waals surface area contributed by atoms with Gasteiger partial charge in [0.1, 0.15) is 0 Å². The van der Waals surface area contributed by atoms with Crippen molar-refractivity contribution < 1.29 is 0 Å². The lowest BCUT2D eigenvalue weighted by Gasteiger charge is -2.12. The molecule has 0 aliphatic rings. The first kappa shape index (κ1) is 15.7. The summed E-state index contributed by atoms with van der Waals surface area (Å²) < 4.78 is 0. The third kappa shape index (κ3) is 2.83. The van der Waals surface area contributed by atoms with Crippen LogP contribution in [-0.2, 0) is 6.42 Å². The number of aromatic nitrogens is 1. The first-order valence-corrected chi connectivity index (χ1v) is 7.21. The molecule has 1 aromatic carbocycles. The maximum Gasteiger partial charge on any atom is 0.0809 e. The van der Waals surface area contributed by atoms with Gasteiger partial charge in [0.2, 0.25) is 0 Å². The van der Waals surface area contributed by atoms with E-state index in [9.17, 15) is 0 Å². The number of nitriles is 1. The van der Waals surface area contributed by atoms with Gasteiger partial charge in [-0.15, -0.1) is 0 Å². The van der Waals surface area contributed by atoms with Gasteiger partial charge < -0.3 is 0 Å². The molecular formula is C13H5Cl5N2. The molecular weight excluding hydrogens is 361 g/mol. The molecule has 0 unspecified atom stereocenters. The van der Waals surface area contributed by atoms with Crippen LogP contribution in [0.15, 0.2) is 18.2 Å². The van der Waals surface area contributed by atoms with E-state index in [1.807, 2.05) is 6.07 Å². The van der Waals surface area contributed by atoms with Crippen LogP contribution in [0.3, 0.4) is 0 Å². The lowest BCUT2D eigenvalue weighted by Crippen LogP contribution is -1.93. The van der Waals surface area contributed by atoms with Crippen LogP contribution < -0.4 is 0 Å². The zero-order valence-corrected chi connectivity index (χ0v) is 13.5. The van der Waals surface area contributed by atoms with Crippen molar-refractivity contribution in [2.75, 3.05) is 0 Å². The van der Waals surface area contributed by atoms with E-state index in [-0.39, 0.29) is 31.5 Å². The zero-order chi connectivity index (χ0) is 14.9. The molecule has 0 aliphatic carbocycles. The summed E-state index contributed by atoms with van der Waals surface area (Å²) in [6.07, 6.45) is 0.179. The Morgan fingerprint density at radius 3 is 2.00 bits per heavy atom. The minimum atomic E-state index is 0.0975. The second kappa shape index (κ2) is 6.39. The Kier molecular flexibility index (Phi) is 5.01. The lowest BCUT2D eigenvalue weighted by atomic mass is 10.1. The van der Waals surface area contributed by atoms with E-state index < -0.39 is 0 Å². The molecule has 102 valence electrons. The summed E-state index contributed by atoms with van der Waals surface area (Å²) in [4.78, 5) is 4.31. The molecule has 0 saturated heterocycles. The lowest BCUT2D eigenvalue weighted by molar-refractivity contribution is 1.12. The summed E-state index contributed by atoms with van der Waals surface area (Å²) in [6, 6.07) is 7.20. The molecule has 1 aromatic heterocycles. The molecule has 0 spiro atoms. The maximum atomic E-state index is 8.71. The summed E-state index contributed by atoms with van der Waals surface area (Å²) in [5.74, 6) is 0. The molecule has 1 heterocycles. The predicted octanol–water partition coefficient (Wildman–Crippen LogP) is 6.08. The van der Waals surface area contributed by atoms with Gasteiger partial charge in [-0.05, 0) is 12.1 Å². The number of rotatable bonds is 2. The van der Waals surface area contributed by atoms with Gasteiger partial charge in [-0.2, -0.15) is 5.26 Å². The van der Waals surface area contributed by atoms with Crippen molar-refractivity contribution in [3.8, 4) is 17.3 Å². The van der Waals surface area contributed by atoms with Crippen molar-refractivity contribution in [3.63, 3.8) is 0 Å². The Hall–Kier alpha value is -0.690. The van der Waals surface area contributed by atoms with Crippen molar-refractivity contribution >= 4 is 58.0 Å². The fraction of sp³-hybridized carbons (Fsp3) is 0.0769. The molecule has 0 atom stereocenters. The highest BCUT2D eigenvalue weighted by Crippen LogP contribution is 2.47. The van der Waals surface area contributed by atoms with E-state index >= 15 is 0 Å². The van der Waals surface area contributed by atoms with Crippen LogP contribution in [0, 0.1) is 11.3 Å². The van der Waals surface area contributed by atoms with Crippen LogP contribution in [0.4, 0.5) is 0 Å². The standard InChI is InChI=1S/C13H5Cl5N2/c14-9-8(10(15)12(17)13(18)11(9)16)7-3-1-2-6(20-7)4-5-19/h1-3H,4H2. The third-order valence-electron chi connectivity index (χ3n) is 2.53. The Morgan fingerprint density at radius 2 is 1.45 bits per heavy atom. The quantitative estimate of drug-likeness (QED) is 0.477. The summed E-state index contributed by atoms with van der Waals surface area (Å²) in [5.41, 5.74) is 1.47. The number of hydrogen-bond donors (Lipinski definition) is 0. The Morgan fingerprint density at radius 1 is 0.900 bits per heavy atom. The molecule has 0 amide bonds. The van der Waals surface area contributed by atoms with Crippen LogP contribution in [0.5, 0.6) is 0 Å². The van der Waals surface area contributed by atoms with Crippen molar-refractivity contribution in [2.24, 2.45) is 0 Å². The van der Waals surface area contributed by atoms with Gasteiger partial charge in [-0.1, -0.05) is 64.1 Å². The predicted molar refractivity (Wildman–Crippen MR) is 84.0 cm³/mol. The van der Waals surface area contributed by atoms with Crippen LogP contribution in [-0.4, -0.2) is 4.98 Å². The van der Waals surface area contributed by atoms with E-state index in [4.69, 9.17) is 63.3 Å². The summed E-state index contributed by atoms with van der Waals surface area (Å²) >= 11 is 30.3. The molecule has 2 nitrogen and oxygen atoms in total. The van der Waals surface area contributed by atoms with Gasteiger partial charge in [-0.25, -0.2) is 0 Å². The van der Waals surface area contributed by atoms with Crippen LogP contribution >= 0.6 is 58.0 Å². The van der Waals surface area contributed by atoms with Crippen LogP contribution in [0.2, 0.25) is 25.1 Å². The Labute approximate surface area is 140 Å². The number of halogens is 5. The van der Waals surface area contributed by atoms with Crippen molar-refractivity contribution in [1.82, 2.24) is 4.98 Å². The van der Waals surface area contributed by atoms with E-state index in [1.54, 1.807) is 18.2 Å². The van der Waals surface area contributed by atoms with Gasteiger partial charge in [-0.3, -0.25) is 4.98 Å². The van der Waals surface area contributed by atoms with Crippen LogP contribution in [0.1, 0.15) is 5.69 Å². The maximum absolute atomic E-state index is 8.71. The fourth-order valence-electron chi connectivity index (χ4n) is 1.63. The molecule has 0 N–H and O–H groups in total. The van der Waals surface area contributed by atoms with Gasteiger partial charge >= 0.3 is 0 Å². The number of nitrogens with zero attached hydrogens (tertiary/aromatic N) is 2. The minimum Gasteiger partial charge on any atom is -0.252 e. The van der Waals surface area contributed by atoms with Gasteiger partial charge in [0.15, 0.2) is 0 Å². The molecule has 0 bridgehead atoms. The van der Waals surface area contributed by atoms with E-state index in [0.717, 1.165) is 0 Å². The first-order chi connectivity index (χ1) is 9.47. The van der Waals surface area contributed by atoms with Crippen molar-refractivity contribution in [1.29, 1.82) is 5.26 Å². The SMILES string of the molecule is N#CCc1cccc(-c2c(Cl)c(Cl)c(Cl)c(Cl)c2Cl)n1. The van der Waals surface area contributed by atoms with Gasteiger partial charge in [0.25, 0.3) is 0 Å². The Balaban J connectivity index is 2.70. The molecule has 20 heavy (non-hydrogen) atoms. The van der Waals surface area contributed by atoms with Crippen LogP contribution in [0.25, 0.3) is 11.3 Å².